The van der Waals surface area contributed by atoms with Gasteiger partial charge in [0, 0.05) is 38.9 Å². The first kappa shape index (κ1) is 20.8. The van der Waals surface area contributed by atoms with Crippen LogP contribution in [-0.2, 0) is 13.2 Å². The van der Waals surface area contributed by atoms with Gasteiger partial charge in [-0.15, -0.1) is 0 Å². The van der Waals surface area contributed by atoms with Gasteiger partial charge in [-0.1, -0.05) is 24.3 Å². The summed E-state index contributed by atoms with van der Waals surface area (Å²) in [6.45, 7) is 4.34. The van der Waals surface area contributed by atoms with Gasteiger partial charge < -0.3 is 14.7 Å². The molecule has 1 aromatic heterocycles. The van der Waals surface area contributed by atoms with Crippen molar-refractivity contribution in [3.05, 3.63) is 89.4 Å². The van der Waals surface area contributed by atoms with Crippen LogP contribution in [0.2, 0.25) is 0 Å². The highest BCUT2D eigenvalue weighted by molar-refractivity contribution is 5.93. The molecule has 31 heavy (non-hydrogen) atoms. The first-order chi connectivity index (χ1) is 15.1. The highest BCUT2D eigenvalue weighted by atomic mass is 19.1. The minimum atomic E-state index is -0.954. The SMILES string of the molecule is O=C(O)c1cccnc1N1CCN(Cc2cccc(COc3ccc(F)cc3)c2)CC1. The molecule has 0 spiro atoms. The van der Waals surface area contributed by atoms with Crippen molar-refractivity contribution in [2.45, 2.75) is 13.2 Å². The van der Waals surface area contributed by atoms with E-state index < -0.39 is 5.97 Å². The monoisotopic (exact) mass is 421 g/mol. The second-order valence-corrected chi connectivity index (χ2v) is 7.51. The Balaban J connectivity index is 1.32. The summed E-state index contributed by atoms with van der Waals surface area (Å²) in [5.74, 6) is -0.0605. The van der Waals surface area contributed by atoms with E-state index >= 15 is 0 Å². The van der Waals surface area contributed by atoms with E-state index in [0.29, 0.717) is 18.2 Å². The summed E-state index contributed by atoms with van der Waals surface area (Å²) in [4.78, 5) is 20.1. The summed E-state index contributed by atoms with van der Waals surface area (Å²) in [7, 11) is 0. The Hall–Kier alpha value is -3.45. The van der Waals surface area contributed by atoms with Crippen molar-refractivity contribution in [3.8, 4) is 5.75 Å². The maximum Gasteiger partial charge on any atom is 0.339 e. The molecule has 0 radical (unpaired) electrons. The Morgan fingerprint density at radius 3 is 2.48 bits per heavy atom. The fraction of sp³-hybridized carbons (Fsp3) is 0.250. The average Bonchev–Trinajstić information content (AvgIpc) is 2.79. The Labute approximate surface area is 180 Å². The number of ether oxygens (including phenoxy) is 1. The molecule has 2 heterocycles. The molecule has 1 N–H and O–H groups in total. The van der Waals surface area contributed by atoms with Crippen LogP contribution in [0.25, 0.3) is 0 Å². The minimum Gasteiger partial charge on any atom is -0.489 e. The molecule has 0 atom stereocenters. The van der Waals surface area contributed by atoms with Gasteiger partial charge in [0.2, 0.25) is 0 Å². The standard InChI is InChI=1S/C24H24FN3O3/c25-20-6-8-21(9-7-20)31-17-19-4-1-3-18(15-19)16-27-11-13-28(14-12-27)23-22(24(29)30)5-2-10-26-23/h1-10,15H,11-14,16-17H2,(H,29,30). The number of benzene rings is 2. The number of anilines is 1. The average molecular weight is 421 g/mol. The fourth-order valence-electron chi connectivity index (χ4n) is 3.71. The number of aromatic carboxylic acids is 1. The van der Waals surface area contributed by atoms with Gasteiger partial charge in [0.05, 0.1) is 0 Å². The van der Waals surface area contributed by atoms with Crippen LogP contribution in [0.1, 0.15) is 21.5 Å². The van der Waals surface area contributed by atoms with Crippen LogP contribution >= 0.6 is 0 Å². The maximum absolute atomic E-state index is 13.0. The van der Waals surface area contributed by atoms with Crippen molar-refractivity contribution < 1.29 is 19.0 Å². The number of carboxylic acid groups (broad SMARTS) is 1. The highest BCUT2D eigenvalue weighted by Gasteiger charge is 2.22. The number of carboxylic acids is 1. The molecule has 7 heteroatoms. The Morgan fingerprint density at radius 1 is 1.00 bits per heavy atom. The number of aromatic nitrogens is 1. The van der Waals surface area contributed by atoms with Crippen molar-refractivity contribution in [2.24, 2.45) is 0 Å². The molecule has 6 nitrogen and oxygen atoms in total. The maximum atomic E-state index is 13.0. The predicted molar refractivity (Wildman–Crippen MR) is 116 cm³/mol. The molecule has 1 saturated heterocycles. The van der Waals surface area contributed by atoms with Gasteiger partial charge in [0.25, 0.3) is 0 Å². The Bertz CT molecular complexity index is 1030. The van der Waals surface area contributed by atoms with Crippen molar-refractivity contribution in [3.63, 3.8) is 0 Å². The van der Waals surface area contributed by atoms with E-state index in [-0.39, 0.29) is 11.4 Å². The molecule has 3 aromatic rings. The molecule has 160 valence electrons. The number of hydrogen-bond acceptors (Lipinski definition) is 5. The van der Waals surface area contributed by atoms with Gasteiger partial charge >= 0.3 is 5.97 Å². The number of rotatable bonds is 7. The molecule has 0 bridgehead atoms. The van der Waals surface area contributed by atoms with Crippen molar-refractivity contribution >= 4 is 11.8 Å². The molecular formula is C24H24FN3O3. The Morgan fingerprint density at radius 2 is 1.74 bits per heavy atom. The van der Waals surface area contributed by atoms with Crippen LogP contribution in [0.3, 0.4) is 0 Å². The fourth-order valence-corrected chi connectivity index (χ4v) is 3.71. The summed E-state index contributed by atoms with van der Waals surface area (Å²) in [6.07, 6.45) is 1.63. The predicted octanol–water partition coefficient (Wildman–Crippen LogP) is 3.82. The Kier molecular flexibility index (Phi) is 6.43. The molecule has 1 fully saturated rings. The first-order valence-electron chi connectivity index (χ1n) is 10.2. The molecule has 1 aliphatic heterocycles. The van der Waals surface area contributed by atoms with E-state index in [9.17, 15) is 14.3 Å². The van der Waals surface area contributed by atoms with Gasteiger partial charge in [-0.05, 0) is 47.5 Å². The van der Waals surface area contributed by atoms with Crippen molar-refractivity contribution in [1.82, 2.24) is 9.88 Å². The zero-order valence-electron chi connectivity index (χ0n) is 17.1. The smallest absolute Gasteiger partial charge is 0.339 e. The van der Waals surface area contributed by atoms with Crippen LogP contribution in [0.5, 0.6) is 5.75 Å². The number of pyridine rings is 1. The topological polar surface area (TPSA) is 65.9 Å². The van der Waals surface area contributed by atoms with Crippen molar-refractivity contribution in [2.75, 3.05) is 31.1 Å². The van der Waals surface area contributed by atoms with Crippen molar-refractivity contribution in [1.29, 1.82) is 0 Å². The van der Waals surface area contributed by atoms with E-state index in [0.717, 1.165) is 38.3 Å². The third-order valence-electron chi connectivity index (χ3n) is 5.31. The normalized spacial score (nSPS) is 14.4. The van der Waals surface area contributed by atoms with E-state index in [1.807, 2.05) is 17.0 Å². The lowest BCUT2D eigenvalue weighted by Gasteiger charge is -2.35. The number of carbonyl (C=O) groups is 1. The van der Waals surface area contributed by atoms with E-state index in [4.69, 9.17) is 4.74 Å². The summed E-state index contributed by atoms with van der Waals surface area (Å²) >= 11 is 0. The van der Waals surface area contributed by atoms with E-state index in [1.165, 1.54) is 17.7 Å². The van der Waals surface area contributed by atoms with Gasteiger partial charge in [0.1, 0.15) is 29.6 Å². The second kappa shape index (κ2) is 9.57. The molecule has 0 aliphatic carbocycles. The number of halogens is 1. The van der Waals surface area contributed by atoms with E-state index in [1.54, 1.807) is 30.5 Å². The molecule has 0 saturated carbocycles. The minimum absolute atomic E-state index is 0.241. The zero-order valence-corrected chi connectivity index (χ0v) is 17.1. The van der Waals surface area contributed by atoms with Gasteiger partial charge in [-0.2, -0.15) is 0 Å². The highest BCUT2D eigenvalue weighted by Crippen LogP contribution is 2.20. The molecule has 0 unspecified atom stereocenters. The molecule has 1 aliphatic rings. The number of piperazine rings is 1. The molecule has 2 aromatic carbocycles. The summed E-state index contributed by atoms with van der Waals surface area (Å²) in [5.41, 5.74) is 2.49. The first-order valence-corrected chi connectivity index (χ1v) is 10.2. The van der Waals surface area contributed by atoms with E-state index in [2.05, 4.69) is 22.0 Å². The lowest BCUT2D eigenvalue weighted by atomic mass is 10.1. The third kappa shape index (κ3) is 5.38. The van der Waals surface area contributed by atoms with Crippen LogP contribution < -0.4 is 9.64 Å². The lowest BCUT2D eigenvalue weighted by Crippen LogP contribution is -2.46. The van der Waals surface area contributed by atoms with Crippen LogP contribution in [0.15, 0.2) is 66.9 Å². The largest absolute Gasteiger partial charge is 0.489 e. The summed E-state index contributed by atoms with van der Waals surface area (Å²) in [6, 6.07) is 17.5. The van der Waals surface area contributed by atoms with Crippen LogP contribution in [0.4, 0.5) is 10.2 Å². The van der Waals surface area contributed by atoms with Crippen LogP contribution in [-0.4, -0.2) is 47.1 Å². The van der Waals surface area contributed by atoms with Crippen LogP contribution in [0, 0.1) is 5.82 Å². The quantitative estimate of drug-likeness (QED) is 0.626. The number of hydrogen-bond donors (Lipinski definition) is 1. The lowest BCUT2D eigenvalue weighted by molar-refractivity contribution is 0.0697. The zero-order chi connectivity index (χ0) is 21.6. The summed E-state index contributed by atoms with van der Waals surface area (Å²) < 4.78 is 18.8. The van der Waals surface area contributed by atoms with Gasteiger partial charge in [-0.3, -0.25) is 4.90 Å². The van der Waals surface area contributed by atoms with Gasteiger partial charge in [0.15, 0.2) is 0 Å². The molecular weight excluding hydrogens is 397 g/mol. The third-order valence-corrected chi connectivity index (χ3v) is 5.31. The molecule has 0 amide bonds. The molecule has 4 rings (SSSR count). The van der Waals surface area contributed by atoms with Gasteiger partial charge in [-0.25, -0.2) is 14.2 Å². The number of nitrogens with zero attached hydrogens (tertiary/aromatic N) is 3. The summed E-state index contributed by atoms with van der Waals surface area (Å²) in [5, 5.41) is 9.39. The second-order valence-electron chi connectivity index (χ2n) is 7.51.